The van der Waals surface area contributed by atoms with Gasteiger partial charge in [0, 0.05) is 12.1 Å². The van der Waals surface area contributed by atoms with Gasteiger partial charge >= 0.3 is 0 Å². The molecule has 0 bridgehead atoms. The fourth-order valence-electron chi connectivity index (χ4n) is 2.41. The van der Waals surface area contributed by atoms with Crippen molar-refractivity contribution in [2.45, 2.75) is 19.8 Å². The smallest absolute Gasteiger partial charge is 0.229 e. The summed E-state index contributed by atoms with van der Waals surface area (Å²) in [6, 6.07) is 12.8. The van der Waals surface area contributed by atoms with Crippen LogP contribution in [-0.4, -0.2) is 27.7 Å². The first-order chi connectivity index (χ1) is 11.8. The standard InChI is InChI=1S/C18H22N2O4S/c1-13-5-4-6-14(11-13)7-10-18(21)19-15-8-9-17(24-2)16(12-15)20-25(3,22)23/h4-6,8-9,11-12,20H,7,10H2,1-3H3,(H,19,21). The van der Waals surface area contributed by atoms with Crippen LogP contribution in [0.3, 0.4) is 0 Å². The molecule has 2 N–H and O–H groups in total. The lowest BCUT2D eigenvalue weighted by Gasteiger charge is -2.12. The SMILES string of the molecule is COc1ccc(NC(=O)CCc2cccc(C)c2)cc1NS(C)(=O)=O. The molecule has 0 aliphatic rings. The molecule has 0 aromatic heterocycles. The topological polar surface area (TPSA) is 84.5 Å². The summed E-state index contributed by atoms with van der Waals surface area (Å²) in [5.74, 6) is 0.236. The molecule has 0 fully saturated rings. The molecule has 7 heteroatoms. The van der Waals surface area contributed by atoms with Crippen molar-refractivity contribution in [1.82, 2.24) is 0 Å². The molecule has 0 saturated carbocycles. The van der Waals surface area contributed by atoms with Crippen molar-refractivity contribution in [3.05, 3.63) is 53.6 Å². The molecule has 0 aliphatic heterocycles. The normalized spacial score (nSPS) is 11.0. The fraction of sp³-hybridized carbons (Fsp3) is 0.278. The summed E-state index contributed by atoms with van der Waals surface area (Å²) in [5, 5.41) is 2.77. The van der Waals surface area contributed by atoms with Crippen LogP contribution in [0.4, 0.5) is 11.4 Å². The number of nitrogens with one attached hydrogen (secondary N) is 2. The van der Waals surface area contributed by atoms with Gasteiger partial charge in [-0.1, -0.05) is 29.8 Å². The molecule has 0 saturated heterocycles. The van der Waals surface area contributed by atoms with Crippen LogP contribution in [0, 0.1) is 6.92 Å². The van der Waals surface area contributed by atoms with E-state index in [1.165, 1.54) is 13.2 Å². The minimum absolute atomic E-state index is 0.142. The van der Waals surface area contributed by atoms with Crippen molar-refractivity contribution < 1.29 is 17.9 Å². The van der Waals surface area contributed by atoms with Gasteiger partial charge in [-0.2, -0.15) is 0 Å². The van der Waals surface area contributed by atoms with Crippen molar-refractivity contribution >= 4 is 27.3 Å². The Morgan fingerprint density at radius 2 is 1.92 bits per heavy atom. The van der Waals surface area contributed by atoms with E-state index in [0.29, 0.717) is 24.3 Å². The van der Waals surface area contributed by atoms with Gasteiger partial charge in [-0.3, -0.25) is 9.52 Å². The molecular weight excluding hydrogens is 340 g/mol. The Hall–Kier alpha value is -2.54. The number of hydrogen-bond donors (Lipinski definition) is 2. The summed E-state index contributed by atoms with van der Waals surface area (Å²) in [7, 11) is -2.00. The second-order valence-corrected chi connectivity index (χ2v) is 7.57. The zero-order chi connectivity index (χ0) is 18.4. The Balaban J connectivity index is 2.03. The van der Waals surface area contributed by atoms with Gasteiger partial charge in [-0.05, 0) is 37.1 Å². The van der Waals surface area contributed by atoms with E-state index in [0.717, 1.165) is 17.4 Å². The van der Waals surface area contributed by atoms with E-state index in [-0.39, 0.29) is 11.6 Å². The predicted molar refractivity (Wildman–Crippen MR) is 99.6 cm³/mol. The highest BCUT2D eigenvalue weighted by Crippen LogP contribution is 2.28. The maximum Gasteiger partial charge on any atom is 0.229 e. The lowest BCUT2D eigenvalue weighted by Crippen LogP contribution is -2.14. The second kappa shape index (κ2) is 8.02. The molecule has 6 nitrogen and oxygen atoms in total. The summed E-state index contributed by atoms with van der Waals surface area (Å²) < 4.78 is 30.4. The maximum absolute atomic E-state index is 12.1. The highest BCUT2D eigenvalue weighted by Gasteiger charge is 2.11. The van der Waals surface area contributed by atoms with Gasteiger partial charge in [-0.15, -0.1) is 0 Å². The number of hydrogen-bond acceptors (Lipinski definition) is 4. The molecule has 2 aromatic carbocycles. The minimum Gasteiger partial charge on any atom is -0.495 e. The van der Waals surface area contributed by atoms with Gasteiger partial charge in [0.25, 0.3) is 0 Å². The summed E-state index contributed by atoms with van der Waals surface area (Å²) in [4.78, 5) is 12.1. The number of methoxy groups -OCH3 is 1. The average Bonchev–Trinajstić information content (AvgIpc) is 2.52. The monoisotopic (exact) mass is 362 g/mol. The van der Waals surface area contributed by atoms with Gasteiger partial charge in [0.2, 0.25) is 15.9 Å². The van der Waals surface area contributed by atoms with E-state index in [9.17, 15) is 13.2 Å². The third-order valence-electron chi connectivity index (χ3n) is 3.50. The molecule has 1 amide bonds. The Kier molecular flexibility index (Phi) is 6.03. The molecule has 0 unspecified atom stereocenters. The number of ether oxygens (including phenoxy) is 1. The van der Waals surface area contributed by atoms with E-state index in [2.05, 4.69) is 16.1 Å². The molecule has 25 heavy (non-hydrogen) atoms. The molecule has 0 heterocycles. The van der Waals surface area contributed by atoms with Gasteiger partial charge in [-0.25, -0.2) is 8.42 Å². The lowest BCUT2D eigenvalue weighted by atomic mass is 10.1. The van der Waals surface area contributed by atoms with Gasteiger partial charge < -0.3 is 10.1 Å². The Morgan fingerprint density at radius 3 is 2.56 bits per heavy atom. The van der Waals surface area contributed by atoms with E-state index in [1.807, 2.05) is 25.1 Å². The molecule has 2 rings (SSSR count). The number of carbonyl (C=O) groups is 1. The molecule has 2 aromatic rings. The van der Waals surface area contributed by atoms with E-state index in [1.54, 1.807) is 12.1 Å². The number of amides is 1. The van der Waals surface area contributed by atoms with Crippen LogP contribution in [0.15, 0.2) is 42.5 Å². The number of benzene rings is 2. The van der Waals surface area contributed by atoms with Crippen LogP contribution >= 0.6 is 0 Å². The Labute approximate surface area is 148 Å². The quantitative estimate of drug-likeness (QED) is 0.793. The van der Waals surface area contributed by atoms with Crippen LogP contribution < -0.4 is 14.8 Å². The predicted octanol–water partition coefficient (Wildman–Crippen LogP) is 2.95. The molecule has 0 radical (unpaired) electrons. The van der Waals surface area contributed by atoms with Crippen molar-refractivity contribution in [3.8, 4) is 5.75 Å². The number of rotatable bonds is 7. The summed E-state index contributed by atoms with van der Waals surface area (Å²) in [6.45, 7) is 2.01. The zero-order valence-electron chi connectivity index (χ0n) is 14.5. The van der Waals surface area contributed by atoms with E-state index in [4.69, 9.17) is 4.74 Å². The molecule has 0 atom stereocenters. The summed E-state index contributed by atoms with van der Waals surface area (Å²) in [5.41, 5.74) is 3.04. The summed E-state index contributed by atoms with van der Waals surface area (Å²) in [6.07, 6.45) is 2.03. The van der Waals surface area contributed by atoms with E-state index < -0.39 is 10.0 Å². The van der Waals surface area contributed by atoms with Crippen molar-refractivity contribution in [1.29, 1.82) is 0 Å². The number of anilines is 2. The van der Waals surface area contributed by atoms with Crippen LogP contribution in [0.2, 0.25) is 0 Å². The zero-order valence-corrected chi connectivity index (χ0v) is 15.3. The highest BCUT2D eigenvalue weighted by molar-refractivity contribution is 7.92. The first-order valence-corrected chi connectivity index (χ1v) is 9.67. The lowest BCUT2D eigenvalue weighted by molar-refractivity contribution is -0.116. The maximum atomic E-state index is 12.1. The van der Waals surface area contributed by atoms with Crippen molar-refractivity contribution in [2.75, 3.05) is 23.4 Å². The molecule has 134 valence electrons. The third-order valence-corrected chi connectivity index (χ3v) is 4.09. The van der Waals surface area contributed by atoms with E-state index >= 15 is 0 Å². The average molecular weight is 362 g/mol. The first kappa shape index (κ1) is 18.8. The largest absolute Gasteiger partial charge is 0.495 e. The summed E-state index contributed by atoms with van der Waals surface area (Å²) >= 11 is 0. The molecular formula is C18H22N2O4S. The van der Waals surface area contributed by atoms with Crippen LogP contribution in [-0.2, 0) is 21.2 Å². The Bertz CT molecular complexity index is 863. The van der Waals surface area contributed by atoms with Gasteiger partial charge in [0.05, 0.1) is 19.1 Å². The first-order valence-electron chi connectivity index (χ1n) is 7.78. The second-order valence-electron chi connectivity index (χ2n) is 5.83. The van der Waals surface area contributed by atoms with Crippen LogP contribution in [0.1, 0.15) is 17.5 Å². The minimum atomic E-state index is -3.45. The number of carbonyl (C=O) groups excluding carboxylic acids is 1. The fourth-order valence-corrected chi connectivity index (χ4v) is 2.97. The van der Waals surface area contributed by atoms with Crippen LogP contribution in [0.25, 0.3) is 0 Å². The highest BCUT2D eigenvalue weighted by atomic mass is 32.2. The Morgan fingerprint density at radius 1 is 1.16 bits per heavy atom. The van der Waals surface area contributed by atoms with Crippen molar-refractivity contribution in [3.63, 3.8) is 0 Å². The van der Waals surface area contributed by atoms with Gasteiger partial charge in [0.1, 0.15) is 5.75 Å². The van der Waals surface area contributed by atoms with Gasteiger partial charge in [0.15, 0.2) is 0 Å². The third kappa shape index (κ3) is 6.11. The number of aryl methyl sites for hydroxylation is 2. The van der Waals surface area contributed by atoms with Crippen LogP contribution in [0.5, 0.6) is 5.75 Å². The molecule has 0 aliphatic carbocycles. The van der Waals surface area contributed by atoms with Crippen molar-refractivity contribution in [2.24, 2.45) is 0 Å². The number of sulfonamides is 1. The molecule has 0 spiro atoms.